The van der Waals surface area contributed by atoms with Crippen LogP contribution in [0, 0.1) is 0 Å². The highest BCUT2D eigenvalue weighted by atomic mass is 32.2. The summed E-state index contributed by atoms with van der Waals surface area (Å²) in [5.74, 6) is 1.19. The smallest absolute Gasteiger partial charge is 0.0300 e. The van der Waals surface area contributed by atoms with E-state index in [0.717, 1.165) is 19.5 Å². The zero-order valence-corrected chi connectivity index (χ0v) is 12.4. The van der Waals surface area contributed by atoms with E-state index < -0.39 is 0 Å². The number of thiophene rings is 1. The normalized spacial score (nSPS) is 12.0. The predicted octanol–water partition coefficient (Wildman–Crippen LogP) is 3.93. The Balaban J connectivity index is 2.11. The molecule has 0 aliphatic rings. The van der Waals surface area contributed by atoms with Gasteiger partial charge in [-0.15, -0.1) is 11.3 Å². The molecule has 1 nitrogen and oxygen atoms in total. The molecule has 3 heteroatoms. The molecular formula is C13H23NS2. The number of hydrogen-bond acceptors (Lipinski definition) is 3. The van der Waals surface area contributed by atoms with E-state index in [4.69, 9.17) is 0 Å². The van der Waals surface area contributed by atoms with Crippen LogP contribution >= 0.6 is 23.1 Å². The Labute approximate surface area is 108 Å². The third-order valence-corrected chi connectivity index (χ3v) is 4.68. The summed E-state index contributed by atoms with van der Waals surface area (Å²) in [4.78, 5) is 2.94. The summed E-state index contributed by atoms with van der Waals surface area (Å²) in [7, 11) is 0. The van der Waals surface area contributed by atoms with E-state index in [1.54, 1.807) is 0 Å². The average Bonchev–Trinajstić information content (AvgIpc) is 2.63. The highest BCUT2D eigenvalue weighted by molar-refractivity contribution is 8.00. The number of nitrogens with one attached hydrogen (secondary N) is 1. The van der Waals surface area contributed by atoms with Crippen LogP contribution in [0.2, 0.25) is 0 Å². The van der Waals surface area contributed by atoms with Gasteiger partial charge in [0.15, 0.2) is 0 Å². The molecule has 0 aliphatic heterocycles. The van der Waals surface area contributed by atoms with Crippen LogP contribution in [0.5, 0.6) is 0 Å². The molecule has 0 saturated heterocycles. The monoisotopic (exact) mass is 257 g/mol. The second kappa shape index (κ2) is 6.67. The molecular weight excluding hydrogens is 234 g/mol. The van der Waals surface area contributed by atoms with Crippen LogP contribution in [0.15, 0.2) is 12.1 Å². The molecule has 0 atom stereocenters. The molecule has 1 aromatic rings. The maximum atomic E-state index is 3.50. The Hall–Kier alpha value is 0.01000. The van der Waals surface area contributed by atoms with Gasteiger partial charge in [-0.3, -0.25) is 0 Å². The number of aryl methyl sites for hydroxylation is 1. The summed E-state index contributed by atoms with van der Waals surface area (Å²) in [5, 5.41) is 3.50. The maximum absolute atomic E-state index is 3.50. The van der Waals surface area contributed by atoms with E-state index in [1.807, 2.05) is 23.1 Å². The van der Waals surface area contributed by atoms with Crippen molar-refractivity contribution in [1.82, 2.24) is 5.32 Å². The summed E-state index contributed by atoms with van der Waals surface area (Å²) >= 11 is 3.95. The second-order valence-corrected chi connectivity index (χ2v) is 8.03. The molecule has 1 aromatic heterocycles. The minimum absolute atomic E-state index is 0.389. The predicted molar refractivity (Wildman–Crippen MR) is 77.6 cm³/mol. The summed E-state index contributed by atoms with van der Waals surface area (Å²) < 4.78 is 0.389. The maximum Gasteiger partial charge on any atom is 0.0300 e. The minimum Gasteiger partial charge on any atom is -0.311 e. The third-order valence-electron chi connectivity index (χ3n) is 2.18. The van der Waals surface area contributed by atoms with E-state index in [-0.39, 0.29) is 0 Å². The van der Waals surface area contributed by atoms with Crippen LogP contribution in [-0.2, 0) is 13.0 Å². The topological polar surface area (TPSA) is 12.0 Å². The lowest BCUT2D eigenvalue weighted by Crippen LogP contribution is -2.19. The quantitative estimate of drug-likeness (QED) is 0.775. The van der Waals surface area contributed by atoms with Crippen LogP contribution in [0.25, 0.3) is 0 Å². The van der Waals surface area contributed by atoms with Crippen LogP contribution in [0.3, 0.4) is 0 Å². The molecule has 1 heterocycles. The molecule has 1 rings (SSSR count). The molecule has 16 heavy (non-hydrogen) atoms. The fraction of sp³-hybridized carbons (Fsp3) is 0.692. The van der Waals surface area contributed by atoms with Crippen LogP contribution in [0.1, 0.15) is 37.4 Å². The van der Waals surface area contributed by atoms with Gasteiger partial charge in [0.25, 0.3) is 0 Å². The summed E-state index contributed by atoms with van der Waals surface area (Å²) in [6, 6.07) is 4.49. The van der Waals surface area contributed by atoms with Crippen molar-refractivity contribution >= 4 is 23.1 Å². The number of hydrogen-bond donors (Lipinski definition) is 1. The molecule has 0 aliphatic carbocycles. The first-order chi connectivity index (χ1) is 7.51. The Morgan fingerprint density at radius 3 is 2.50 bits per heavy atom. The lowest BCUT2D eigenvalue weighted by molar-refractivity contribution is 0.733. The van der Waals surface area contributed by atoms with Crippen molar-refractivity contribution in [3.8, 4) is 0 Å². The molecule has 0 bridgehead atoms. The largest absolute Gasteiger partial charge is 0.311 e. The minimum atomic E-state index is 0.389. The molecule has 92 valence electrons. The molecule has 0 unspecified atom stereocenters. The van der Waals surface area contributed by atoms with Crippen molar-refractivity contribution in [2.24, 2.45) is 0 Å². The van der Waals surface area contributed by atoms with E-state index in [1.165, 1.54) is 15.5 Å². The van der Waals surface area contributed by atoms with Crippen LogP contribution < -0.4 is 5.32 Å². The summed E-state index contributed by atoms with van der Waals surface area (Å²) in [6.45, 7) is 11.1. The van der Waals surface area contributed by atoms with Crippen molar-refractivity contribution in [3.05, 3.63) is 21.9 Å². The SMILES string of the molecule is CCc1ccc(CNCCSC(C)(C)C)s1. The lowest BCUT2D eigenvalue weighted by Gasteiger charge is -2.17. The van der Waals surface area contributed by atoms with Gasteiger partial charge in [0, 0.05) is 33.3 Å². The van der Waals surface area contributed by atoms with Gasteiger partial charge in [-0.2, -0.15) is 11.8 Å². The van der Waals surface area contributed by atoms with E-state index in [2.05, 4.69) is 45.1 Å². The number of rotatable bonds is 6. The van der Waals surface area contributed by atoms with Gasteiger partial charge in [-0.25, -0.2) is 0 Å². The van der Waals surface area contributed by atoms with Gasteiger partial charge in [-0.05, 0) is 18.6 Å². The Bertz CT molecular complexity index is 299. The van der Waals surface area contributed by atoms with Gasteiger partial charge in [0.2, 0.25) is 0 Å². The van der Waals surface area contributed by atoms with Gasteiger partial charge in [0.05, 0.1) is 0 Å². The van der Waals surface area contributed by atoms with Crippen molar-refractivity contribution in [2.75, 3.05) is 12.3 Å². The standard InChI is InChI=1S/C13H23NS2/c1-5-11-6-7-12(16-11)10-14-8-9-15-13(2,3)4/h6-7,14H,5,8-10H2,1-4H3. The van der Waals surface area contributed by atoms with Gasteiger partial charge >= 0.3 is 0 Å². The Morgan fingerprint density at radius 2 is 1.94 bits per heavy atom. The van der Waals surface area contributed by atoms with Crippen LogP contribution in [-0.4, -0.2) is 17.0 Å². The highest BCUT2D eigenvalue weighted by Gasteiger charge is 2.09. The zero-order chi connectivity index (χ0) is 12.0. The van der Waals surface area contributed by atoms with Crippen molar-refractivity contribution in [1.29, 1.82) is 0 Å². The molecule has 0 radical (unpaired) electrons. The first kappa shape index (κ1) is 14.1. The van der Waals surface area contributed by atoms with Gasteiger partial charge in [0.1, 0.15) is 0 Å². The molecule has 1 N–H and O–H groups in total. The Kier molecular flexibility index (Phi) is 5.87. The molecule has 0 amide bonds. The molecule has 0 spiro atoms. The van der Waals surface area contributed by atoms with E-state index >= 15 is 0 Å². The van der Waals surface area contributed by atoms with Crippen molar-refractivity contribution < 1.29 is 0 Å². The van der Waals surface area contributed by atoms with E-state index in [0.29, 0.717) is 4.75 Å². The fourth-order valence-corrected chi connectivity index (χ4v) is 3.13. The molecule has 0 aromatic carbocycles. The first-order valence-corrected chi connectivity index (χ1v) is 7.74. The Morgan fingerprint density at radius 1 is 1.25 bits per heavy atom. The third kappa shape index (κ3) is 5.92. The highest BCUT2D eigenvalue weighted by Crippen LogP contribution is 2.22. The second-order valence-electron chi connectivity index (χ2n) is 4.86. The summed E-state index contributed by atoms with van der Waals surface area (Å²) in [5.41, 5.74) is 0. The fourth-order valence-electron chi connectivity index (χ4n) is 1.35. The molecule has 0 saturated carbocycles. The van der Waals surface area contributed by atoms with Gasteiger partial charge < -0.3 is 5.32 Å². The summed E-state index contributed by atoms with van der Waals surface area (Å²) in [6.07, 6.45) is 1.16. The average molecular weight is 257 g/mol. The lowest BCUT2D eigenvalue weighted by atomic mass is 10.3. The van der Waals surface area contributed by atoms with Crippen LogP contribution in [0.4, 0.5) is 0 Å². The number of thioether (sulfide) groups is 1. The van der Waals surface area contributed by atoms with Crippen molar-refractivity contribution in [3.63, 3.8) is 0 Å². The van der Waals surface area contributed by atoms with Gasteiger partial charge in [-0.1, -0.05) is 27.7 Å². The van der Waals surface area contributed by atoms with E-state index in [9.17, 15) is 0 Å². The molecule has 0 fully saturated rings. The first-order valence-electron chi connectivity index (χ1n) is 5.93. The zero-order valence-electron chi connectivity index (χ0n) is 10.8. The van der Waals surface area contributed by atoms with Crippen molar-refractivity contribution in [2.45, 2.75) is 45.4 Å².